The molecule has 3 heteroatoms. The molecule has 0 bridgehead atoms. The molecule has 0 aromatic rings. The van der Waals surface area contributed by atoms with Crippen molar-refractivity contribution in [3.8, 4) is 0 Å². The first-order valence-electron chi connectivity index (χ1n) is 9.57. The molecule has 0 rings (SSSR count). The number of ether oxygens (including phenoxy) is 1. The molecule has 2 unspecified atom stereocenters. The van der Waals surface area contributed by atoms with Crippen LogP contribution < -0.4 is 0 Å². The Morgan fingerprint density at radius 2 is 1.59 bits per heavy atom. The van der Waals surface area contributed by atoms with E-state index in [0.29, 0.717) is 12.3 Å². The quantitative estimate of drug-likeness (QED) is 0.215. The van der Waals surface area contributed by atoms with Crippen LogP contribution in [-0.4, -0.2) is 18.4 Å². The molecule has 0 amide bonds. The highest BCUT2D eigenvalue weighted by Crippen LogP contribution is 2.12. The number of rotatable bonds is 10. The molecule has 29 heavy (non-hydrogen) atoms. The maximum Gasteiger partial charge on any atom is 0.374 e. The van der Waals surface area contributed by atoms with E-state index in [9.17, 15) is 9.59 Å². The minimum absolute atomic E-state index is 0.267. The lowest BCUT2D eigenvalue weighted by molar-refractivity contribution is -0.155. The van der Waals surface area contributed by atoms with Crippen molar-refractivity contribution >= 4 is 11.8 Å². The van der Waals surface area contributed by atoms with Gasteiger partial charge in [-0.3, -0.25) is 4.79 Å². The number of carbonyl (C=O) groups excluding carboxylic acids is 2. The van der Waals surface area contributed by atoms with Gasteiger partial charge in [0.05, 0.1) is 6.61 Å². The van der Waals surface area contributed by atoms with Gasteiger partial charge in [-0.25, -0.2) is 4.79 Å². The predicted molar refractivity (Wildman–Crippen MR) is 114 cm³/mol. The van der Waals surface area contributed by atoms with Gasteiger partial charge in [0.1, 0.15) is 0 Å². The van der Waals surface area contributed by atoms with Crippen LogP contribution in [0.15, 0.2) is 75.9 Å². The fourth-order valence-electron chi connectivity index (χ4n) is 2.06. The smallest absolute Gasteiger partial charge is 0.374 e. The van der Waals surface area contributed by atoms with Gasteiger partial charge in [-0.1, -0.05) is 37.0 Å². The molecule has 0 spiro atoms. The highest BCUT2D eigenvalue weighted by molar-refractivity contribution is 6.34. The third kappa shape index (κ3) is 15.4. The number of esters is 1. The second-order valence-corrected chi connectivity index (χ2v) is 6.79. The summed E-state index contributed by atoms with van der Waals surface area (Å²) in [5.41, 5.74) is 24.0. The molecule has 3 nitrogen and oxygen atoms in total. The third-order valence-electron chi connectivity index (χ3n) is 3.81. The second-order valence-electron chi connectivity index (χ2n) is 6.79. The molecule has 0 radical (unpaired) electrons. The highest BCUT2D eigenvalue weighted by Gasteiger charge is 2.21. The first-order chi connectivity index (χ1) is 13.9. The SMILES string of the molecule is C=C=C=C=C=C=C=C=C=C=CCC(C)C(=O)C(=O)OCCC(C)CCC=C(C)C. The summed E-state index contributed by atoms with van der Waals surface area (Å²) < 4.78 is 5.11. The standard InChI is InChI=1S/C26H28O3/c1-6-7-8-9-10-11-12-13-14-15-19-24(5)25(27)26(28)29-21-20-23(4)18-16-17-22(2)3/h15,17,23-24H,1,16,18-21H2,2-5H3. The molecule has 0 aliphatic carbocycles. The van der Waals surface area contributed by atoms with Gasteiger partial charge < -0.3 is 4.74 Å². The molecule has 0 heterocycles. The number of hydrogen-bond acceptors (Lipinski definition) is 3. The largest absolute Gasteiger partial charge is 0.460 e. The maximum atomic E-state index is 12.0. The van der Waals surface area contributed by atoms with E-state index >= 15 is 0 Å². The molecule has 0 aromatic carbocycles. The van der Waals surface area contributed by atoms with Crippen molar-refractivity contribution in [3.05, 3.63) is 75.9 Å². The Kier molecular flexibility index (Phi) is 14.8. The second kappa shape index (κ2) is 16.8. The van der Waals surface area contributed by atoms with Gasteiger partial charge in [-0.15, -0.1) is 0 Å². The third-order valence-corrected chi connectivity index (χ3v) is 3.81. The zero-order valence-electron chi connectivity index (χ0n) is 17.8. The number of ketones is 1. The monoisotopic (exact) mass is 388 g/mol. The van der Waals surface area contributed by atoms with E-state index in [4.69, 9.17) is 4.74 Å². The molecule has 0 aromatic heterocycles. The van der Waals surface area contributed by atoms with E-state index in [1.807, 2.05) is 0 Å². The molecule has 0 N–H and O–H groups in total. The van der Waals surface area contributed by atoms with Gasteiger partial charge in [0.25, 0.3) is 0 Å². The van der Waals surface area contributed by atoms with Gasteiger partial charge in [-0.05, 0) is 98.2 Å². The van der Waals surface area contributed by atoms with Crippen molar-refractivity contribution in [1.29, 1.82) is 0 Å². The van der Waals surface area contributed by atoms with Crippen molar-refractivity contribution < 1.29 is 14.3 Å². The Bertz CT molecular complexity index is 933. The average molecular weight is 389 g/mol. The van der Waals surface area contributed by atoms with Crippen LogP contribution in [0.25, 0.3) is 0 Å². The van der Waals surface area contributed by atoms with Crippen LogP contribution in [0.4, 0.5) is 0 Å². The van der Waals surface area contributed by atoms with E-state index in [-0.39, 0.29) is 6.61 Å². The zero-order chi connectivity index (χ0) is 21.9. The number of carbonyl (C=O) groups is 2. The molecule has 0 aliphatic rings. The van der Waals surface area contributed by atoms with Crippen LogP contribution in [0, 0.1) is 11.8 Å². The first-order valence-corrected chi connectivity index (χ1v) is 9.57. The molecule has 0 aliphatic heterocycles. The lowest BCUT2D eigenvalue weighted by atomic mass is 10.0. The van der Waals surface area contributed by atoms with Crippen LogP contribution in [0.1, 0.15) is 53.4 Å². The summed E-state index contributed by atoms with van der Waals surface area (Å²) in [5.74, 6) is -1.35. The van der Waals surface area contributed by atoms with E-state index < -0.39 is 17.7 Å². The van der Waals surface area contributed by atoms with Gasteiger partial charge >= 0.3 is 5.97 Å². The minimum atomic E-state index is -0.775. The van der Waals surface area contributed by atoms with Crippen LogP contribution in [0.5, 0.6) is 0 Å². The maximum absolute atomic E-state index is 12.0. The molecule has 0 fully saturated rings. The number of Topliss-reactive ketones (excluding diaryl/α,β-unsaturated/α-hetero) is 1. The Morgan fingerprint density at radius 3 is 2.21 bits per heavy atom. The van der Waals surface area contributed by atoms with Crippen molar-refractivity contribution in [2.45, 2.75) is 53.4 Å². The highest BCUT2D eigenvalue weighted by atomic mass is 16.5. The van der Waals surface area contributed by atoms with Crippen LogP contribution in [0.3, 0.4) is 0 Å². The molecular formula is C26H28O3. The number of allylic oxidation sites excluding steroid dienone is 3. The van der Waals surface area contributed by atoms with Gasteiger partial charge in [0.2, 0.25) is 5.78 Å². The Labute approximate surface area is 174 Å². The fourth-order valence-corrected chi connectivity index (χ4v) is 2.06. The van der Waals surface area contributed by atoms with Gasteiger partial charge in [-0.2, -0.15) is 0 Å². The lowest BCUT2D eigenvalue weighted by Gasteiger charge is -2.11. The normalized spacial score (nSPS) is 10.3. The van der Waals surface area contributed by atoms with E-state index in [0.717, 1.165) is 19.3 Å². The van der Waals surface area contributed by atoms with Gasteiger partial charge in [0.15, 0.2) is 0 Å². The summed E-state index contributed by atoms with van der Waals surface area (Å²) in [6, 6.07) is 0. The Morgan fingerprint density at radius 1 is 0.966 bits per heavy atom. The summed E-state index contributed by atoms with van der Waals surface area (Å²) in [6.07, 6.45) is 6.97. The van der Waals surface area contributed by atoms with Crippen molar-refractivity contribution in [2.24, 2.45) is 11.8 Å². The molecule has 0 saturated carbocycles. The molecule has 2 atom stereocenters. The summed E-state index contributed by atoms with van der Waals surface area (Å²) >= 11 is 0. The first kappa shape index (κ1) is 25.6. The zero-order valence-corrected chi connectivity index (χ0v) is 17.8. The van der Waals surface area contributed by atoms with E-state index in [1.54, 1.807) is 13.0 Å². The summed E-state index contributed by atoms with van der Waals surface area (Å²) in [7, 11) is 0. The summed E-state index contributed by atoms with van der Waals surface area (Å²) in [6.45, 7) is 11.5. The molecule has 0 saturated heterocycles. The van der Waals surface area contributed by atoms with Crippen molar-refractivity contribution in [2.75, 3.05) is 6.61 Å². The average Bonchev–Trinajstić information content (AvgIpc) is 2.68. The number of hydrogen-bond donors (Lipinski definition) is 0. The molecular weight excluding hydrogens is 360 g/mol. The summed E-state index contributed by atoms with van der Waals surface area (Å²) in [4.78, 5) is 23.9. The van der Waals surface area contributed by atoms with Crippen LogP contribution >= 0.6 is 0 Å². The van der Waals surface area contributed by atoms with E-state index in [2.05, 4.69) is 85.0 Å². The van der Waals surface area contributed by atoms with Crippen molar-refractivity contribution in [1.82, 2.24) is 0 Å². The minimum Gasteiger partial charge on any atom is -0.460 e. The Balaban J connectivity index is 4.49. The van der Waals surface area contributed by atoms with E-state index in [1.165, 1.54) is 5.57 Å². The van der Waals surface area contributed by atoms with Crippen molar-refractivity contribution in [3.63, 3.8) is 0 Å². The molecule has 150 valence electrons. The summed E-state index contributed by atoms with van der Waals surface area (Å²) in [5, 5.41) is 0. The van der Waals surface area contributed by atoms with Gasteiger partial charge in [0, 0.05) is 5.92 Å². The topological polar surface area (TPSA) is 43.4 Å². The lowest BCUT2D eigenvalue weighted by Crippen LogP contribution is -2.24. The fraction of sp³-hybridized carbons (Fsp3) is 0.423. The van der Waals surface area contributed by atoms with Crippen LogP contribution in [-0.2, 0) is 14.3 Å². The van der Waals surface area contributed by atoms with Crippen LogP contribution in [0.2, 0.25) is 0 Å². The Hall–Kier alpha value is -3.36. The predicted octanol–water partition coefficient (Wildman–Crippen LogP) is 5.48.